The van der Waals surface area contributed by atoms with E-state index in [1.54, 1.807) is 18.2 Å². The fraction of sp³-hybridized carbons (Fsp3) is 0.111. The zero-order chi connectivity index (χ0) is 16.7. The van der Waals surface area contributed by atoms with Crippen LogP contribution >= 0.6 is 15.9 Å². The standard InChI is InChI=1S/C18H16BrNO3/c1-13-6-2-3-7-14(13)10-11-18(22)23-12-17(21)20-16-9-5-4-8-15(16)19/h2-11H,12H2,1H3,(H,20,21)/b11-10+. The molecule has 0 bridgehead atoms. The van der Waals surface area contributed by atoms with Crippen molar-refractivity contribution in [3.05, 3.63) is 70.2 Å². The summed E-state index contributed by atoms with van der Waals surface area (Å²) < 4.78 is 5.69. The number of ether oxygens (including phenoxy) is 1. The Morgan fingerprint density at radius 3 is 2.57 bits per heavy atom. The Morgan fingerprint density at radius 2 is 1.83 bits per heavy atom. The average Bonchev–Trinajstić information content (AvgIpc) is 2.54. The van der Waals surface area contributed by atoms with E-state index in [1.807, 2.05) is 43.3 Å². The van der Waals surface area contributed by atoms with Gasteiger partial charge in [0.25, 0.3) is 5.91 Å². The molecular weight excluding hydrogens is 358 g/mol. The van der Waals surface area contributed by atoms with E-state index in [2.05, 4.69) is 21.2 Å². The number of hydrogen-bond donors (Lipinski definition) is 1. The van der Waals surface area contributed by atoms with Crippen molar-refractivity contribution in [1.29, 1.82) is 0 Å². The number of nitrogens with one attached hydrogen (secondary N) is 1. The fourth-order valence-corrected chi connectivity index (χ4v) is 2.25. The summed E-state index contributed by atoms with van der Waals surface area (Å²) in [6, 6.07) is 14.9. The third kappa shape index (κ3) is 5.38. The van der Waals surface area contributed by atoms with E-state index in [1.165, 1.54) is 6.08 Å². The predicted octanol–water partition coefficient (Wildman–Crippen LogP) is 3.95. The SMILES string of the molecule is Cc1ccccc1/C=C/C(=O)OCC(=O)Nc1ccccc1Br. The van der Waals surface area contributed by atoms with Crippen LogP contribution in [-0.2, 0) is 14.3 Å². The number of hydrogen-bond acceptors (Lipinski definition) is 3. The zero-order valence-corrected chi connectivity index (χ0v) is 14.2. The molecule has 2 aromatic carbocycles. The van der Waals surface area contributed by atoms with Gasteiger partial charge in [-0.15, -0.1) is 0 Å². The van der Waals surface area contributed by atoms with Crippen molar-refractivity contribution in [2.24, 2.45) is 0 Å². The third-order valence-electron chi connectivity index (χ3n) is 3.08. The lowest BCUT2D eigenvalue weighted by Crippen LogP contribution is -2.20. The number of amides is 1. The summed E-state index contributed by atoms with van der Waals surface area (Å²) in [6.45, 7) is 1.62. The average molecular weight is 374 g/mol. The van der Waals surface area contributed by atoms with Gasteiger partial charge in [-0.2, -0.15) is 0 Å². The summed E-state index contributed by atoms with van der Waals surface area (Å²) in [5, 5.41) is 2.66. The van der Waals surface area contributed by atoms with Crippen molar-refractivity contribution < 1.29 is 14.3 Å². The number of esters is 1. The fourth-order valence-electron chi connectivity index (χ4n) is 1.87. The second kappa shape index (κ2) is 8.29. The molecule has 23 heavy (non-hydrogen) atoms. The number of rotatable bonds is 5. The molecule has 0 atom stereocenters. The summed E-state index contributed by atoms with van der Waals surface area (Å²) in [4.78, 5) is 23.4. The number of halogens is 1. The minimum Gasteiger partial charge on any atom is -0.452 e. The first kappa shape index (κ1) is 17.0. The van der Waals surface area contributed by atoms with Crippen LogP contribution in [0.2, 0.25) is 0 Å². The molecule has 0 saturated carbocycles. The Bertz CT molecular complexity index is 741. The molecule has 0 radical (unpaired) electrons. The van der Waals surface area contributed by atoms with Crippen LogP contribution in [0.3, 0.4) is 0 Å². The van der Waals surface area contributed by atoms with E-state index in [0.29, 0.717) is 5.69 Å². The predicted molar refractivity (Wildman–Crippen MR) is 93.9 cm³/mol. The van der Waals surface area contributed by atoms with E-state index >= 15 is 0 Å². The number of para-hydroxylation sites is 1. The highest BCUT2D eigenvalue weighted by atomic mass is 79.9. The Kier molecular flexibility index (Phi) is 6.11. The maximum Gasteiger partial charge on any atom is 0.331 e. The molecule has 0 unspecified atom stereocenters. The summed E-state index contributed by atoms with van der Waals surface area (Å²) in [5.74, 6) is -0.954. The van der Waals surface area contributed by atoms with Gasteiger partial charge in [0.05, 0.1) is 5.69 Å². The van der Waals surface area contributed by atoms with Gasteiger partial charge in [0, 0.05) is 10.5 Å². The van der Waals surface area contributed by atoms with Crippen LogP contribution in [0.25, 0.3) is 6.08 Å². The molecule has 2 aromatic rings. The minimum absolute atomic E-state index is 0.335. The van der Waals surface area contributed by atoms with Gasteiger partial charge in [0.1, 0.15) is 0 Å². The maximum atomic E-state index is 11.8. The first-order chi connectivity index (χ1) is 11.1. The Labute approximate surface area is 143 Å². The van der Waals surface area contributed by atoms with Gasteiger partial charge in [0.15, 0.2) is 6.61 Å². The molecule has 118 valence electrons. The first-order valence-corrected chi connectivity index (χ1v) is 7.80. The summed E-state index contributed by atoms with van der Waals surface area (Å²) in [5.41, 5.74) is 2.62. The van der Waals surface area contributed by atoms with Crippen LogP contribution in [0.5, 0.6) is 0 Å². The molecule has 0 spiro atoms. The summed E-state index contributed by atoms with van der Waals surface area (Å²) in [7, 11) is 0. The van der Waals surface area contributed by atoms with E-state index in [0.717, 1.165) is 15.6 Å². The van der Waals surface area contributed by atoms with Crippen LogP contribution in [0.15, 0.2) is 59.1 Å². The molecule has 4 nitrogen and oxygen atoms in total. The lowest BCUT2D eigenvalue weighted by molar-refractivity contribution is -0.142. The number of carbonyl (C=O) groups excluding carboxylic acids is 2. The summed E-state index contributed by atoms with van der Waals surface area (Å²) in [6.07, 6.45) is 2.98. The van der Waals surface area contributed by atoms with E-state index in [9.17, 15) is 9.59 Å². The van der Waals surface area contributed by atoms with E-state index in [4.69, 9.17) is 4.74 Å². The van der Waals surface area contributed by atoms with Gasteiger partial charge < -0.3 is 10.1 Å². The quantitative estimate of drug-likeness (QED) is 0.637. The molecule has 2 rings (SSSR count). The van der Waals surface area contributed by atoms with Crippen molar-refractivity contribution in [1.82, 2.24) is 0 Å². The monoisotopic (exact) mass is 373 g/mol. The van der Waals surface area contributed by atoms with Crippen LogP contribution < -0.4 is 5.32 Å². The number of aryl methyl sites for hydroxylation is 1. The van der Waals surface area contributed by atoms with Crippen LogP contribution in [0, 0.1) is 6.92 Å². The zero-order valence-electron chi connectivity index (χ0n) is 12.6. The normalized spacial score (nSPS) is 10.5. The Balaban J connectivity index is 1.83. The largest absolute Gasteiger partial charge is 0.452 e. The molecule has 0 aliphatic carbocycles. The minimum atomic E-state index is -0.560. The second-order valence-electron chi connectivity index (χ2n) is 4.83. The third-order valence-corrected chi connectivity index (χ3v) is 3.77. The molecule has 5 heteroatoms. The summed E-state index contributed by atoms with van der Waals surface area (Å²) >= 11 is 3.33. The maximum absolute atomic E-state index is 11.8. The molecule has 0 aliphatic rings. The Hall–Kier alpha value is -2.40. The molecule has 1 N–H and O–H groups in total. The smallest absolute Gasteiger partial charge is 0.331 e. The van der Waals surface area contributed by atoms with Crippen LogP contribution in [0.4, 0.5) is 5.69 Å². The highest BCUT2D eigenvalue weighted by molar-refractivity contribution is 9.10. The van der Waals surface area contributed by atoms with Gasteiger partial charge in [-0.25, -0.2) is 4.79 Å². The molecule has 0 saturated heterocycles. The molecule has 0 aromatic heterocycles. The van der Waals surface area contributed by atoms with Crippen molar-refractivity contribution in [3.8, 4) is 0 Å². The molecule has 0 heterocycles. The van der Waals surface area contributed by atoms with Gasteiger partial charge in [-0.1, -0.05) is 36.4 Å². The Morgan fingerprint density at radius 1 is 1.13 bits per heavy atom. The molecular formula is C18H16BrNO3. The first-order valence-electron chi connectivity index (χ1n) is 7.01. The van der Waals surface area contributed by atoms with Crippen molar-refractivity contribution in [3.63, 3.8) is 0 Å². The second-order valence-corrected chi connectivity index (χ2v) is 5.68. The van der Waals surface area contributed by atoms with Crippen molar-refractivity contribution in [2.75, 3.05) is 11.9 Å². The number of benzene rings is 2. The molecule has 1 amide bonds. The topological polar surface area (TPSA) is 55.4 Å². The van der Waals surface area contributed by atoms with Gasteiger partial charge in [-0.3, -0.25) is 4.79 Å². The van der Waals surface area contributed by atoms with Crippen LogP contribution in [0.1, 0.15) is 11.1 Å². The van der Waals surface area contributed by atoms with E-state index in [-0.39, 0.29) is 6.61 Å². The lowest BCUT2D eigenvalue weighted by atomic mass is 10.1. The molecule has 0 fully saturated rings. The van der Waals surface area contributed by atoms with Gasteiger partial charge in [0.2, 0.25) is 0 Å². The highest BCUT2D eigenvalue weighted by Crippen LogP contribution is 2.20. The van der Waals surface area contributed by atoms with E-state index < -0.39 is 11.9 Å². The molecule has 0 aliphatic heterocycles. The van der Waals surface area contributed by atoms with Crippen molar-refractivity contribution >= 4 is 39.6 Å². The number of anilines is 1. The van der Waals surface area contributed by atoms with Crippen molar-refractivity contribution in [2.45, 2.75) is 6.92 Å². The van der Waals surface area contributed by atoms with Gasteiger partial charge in [-0.05, 0) is 52.2 Å². The van der Waals surface area contributed by atoms with Gasteiger partial charge >= 0.3 is 5.97 Å². The highest BCUT2D eigenvalue weighted by Gasteiger charge is 2.07. The lowest BCUT2D eigenvalue weighted by Gasteiger charge is -2.07. The van der Waals surface area contributed by atoms with Crippen LogP contribution in [-0.4, -0.2) is 18.5 Å². The number of carbonyl (C=O) groups is 2.